The van der Waals surface area contributed by atoms with E-state index in [2.05, 4.69) is 10.2 Å². The molecule has 0 saturated heterocycles. The third-order valence-electron chi connectivity index (χ3n) is 2.53. The summed E-state index contributed by atoms with van der Waals surface area (Å²) in [6.45, 7) is 0. The number of hydrogen-bond donors (Lipinski definition) is 0. The van der Waals surface area contributed by atoms with Gasteiger partial charge in [-0.05, 0) is 18.2 Å². The van der Waals surface area contributed by atoms with Crippen molar-refractivity contribution >= 4 is 36.7 Å². The number of halogens is 5. The van der Waals surface area contributed by atoms with E-state index in [1.165, 1.54) is 5.51 Å². The van der Waals surface area contributed by atoms with E-state index >= 15 is 0 Å². The predicted molar refractivity (Wildman–Crippen MR) is 73.3 cm³/mol. The van der Waals surface area contributed by atoms with Gasteiger partial charge in [0.1, 0.15) is 10.4 Å². The van der Waals surface area contributed by atoms with Gasteiger partial charge >= 0.3 is 10.2 Å². The smallest absolute Gasteiger partial charge is 0.243 e. The van der Waals surface area contributed by atoms with Gasteiger partial charge in [0.15, 0.2) is 0 Å². The molecule has 124 valence electrons. The van der Waals surface area contributed by atoms with Crippen molar-refractivity contribution in [2.24, 2.45) is 0 Å². The van der Waals surface area contributed by atoms with Gasteiger partial charge < -0.3 is 0 Å². The largest absolute Gasteiger partial charge is 0.310 e. The minimum atomic E-state index is -9.96. The summed E-state index contributed by atoms with van der Waals surface area (Å²) < 4.78 is 88.7. The molecule has 0 N–H and O–H groups in total. The predicted octanol–water partition coefficient (Wildman–Crippen LogP) is 4.02. The average Bonchev–Trinajstić information content (AvgIpc) is 2.89. The Morgan fingerprint density at radius 3 is 2.32 bits per heavy atom. The van der Waals surface area contributed by atoms with Crippen LogP contribution in [-0.2, 0) is 10.0 Å². The Morgan fingerprint density at radius 2 is 1.82 bits per heavy atom. The number of anilines is 1. The molecule has 0 amide bonds. The van der Waals surface area contributed by atoms with E-state index in [9.17, 15) is 27.8 Å². The number of benzene rings is 1. The Bertz CT molecular complexity index is 805. The zero-order valence-corrected chi connectivity index (χ0v) is 13.1. The molecule has 5 nitrogen and oxygen atoms in total. The monoisotopic (exact) mass is 381 g/mol. The molecule has 13 heteroatoms. The second-order valence-corrected chi connectivity index (χ2v) is 9.33. The molecule has 0 aliphatic heterocycles. The first-order valence-electron chi connectivity index (χ1n) is 5.31. The standard InChI is InChI=1S/C9H8F5N3O2S3/c1-17(9-16-15-6-20-9)21(18,19)7-3-2-4-8(5-7)22(10,11,12,13)14/h2-6H,1H3. The van der Waals surface area contributed by atoms with Gasteiger partial charge in [-0.1, -0.05) is 36.8 Å². The molecule has 0 unspecified atom stereocenters. The highest BCUT2D eigenvalue weighted by Gasteiger charge is 2.65. The molecule has 0 spiro atoms. The van der Waals surface area contributed by atoms with Crippen molar-refractivity contribution in [3.8, 4) is 0 Å². The van der Waals surface area contributed by atoms with Crippen molar-refractivity contribution in [2.75, 3.05) is 11.4 Å². The van der Waals surface area contributed by atoms with Gasteiger partial charge in [0.05, 0.1) is 4.90 Å². The minimum absolute atomic E-state index is 0.0889. The molecule has 0 fully saturated rings. The Kier molecular flexibility index (Phi) is 3.30. The van der Waals surface area contributed by atoms with Crippen molar-refractivity contribution in [2.45, 2.75) is 9.79 Å². The molecule has 2 aromatic rings. The Hall–Kier alpha value is -1.47. The highest BCUT2D eigenvalue weighted by atomic mass is 32.5. The van der Waals surface area contributed by atoms with E-state index in [0.29, 0.717) is 10.4 Å². The second-order valence-electron chi connectivity index (χ2n) is 4.14. The van der Waals surface area contributed by atoms with Crippen LogP contribution in [0.15, 0.2) is 39.6 Å². The topological polar surface area (TPSA) is 63.2 Å². The minimum Gasteiger partial charge on any atom is -0.243 e. The summed E-state index contributed by atoms with van der Waals surface area (Å²) in [5.41, 5.74) is 1.21. The summed E-state index contributed by atoms with van der Waals surface area (Å²) in [4.78, 5) is -3.19. The van der Waals surface area contributed by atoms with Crippen LogP contribution in [0.4, 0.5) is 24.6 Å². The van der Waals surface area contributed by atoms with Gasteiger partial charge in [0.25, 0.3) is 10.0 Å². The van der Waals surface area contributed by atoms with Crippen LogP contribution in [0, 0.1) is 0 Å². The first-order valence-corrected chi connectivity index (χ1v) is 9.58. The molecule has 0 aliphatic carbocycles. The summed E-state index contributed by atoms with van der Waals surface area (Å²) in [5.74, 6) is 0. The van der Waals surface area contributed by atoms with Crippen LogP contribution in [-0.4, -0.2) is 25.7 Å². The molecule has 1 heterocycles. The molecule has 0 atom stereocenters. The Balaban J connectivity index is 2.56. The summed E-state index contributed by atoms with van der Waals surface area (Å²) in [6.07, 6.45) is 0. The fourth-order valence-corrected chi connectivity index (χ4v) is 4.14. The maximum Gasteiger partial charge on any atom is 0.310 e. The molecule has 0 saturated carbocycles. The molecule has 1 aromatic heterocycles. The zero-order chi connectivity index (χ0) is 16.9. The summed E-state index contributed by atoms with van der Waals surface area (Å²) in [5, 5.41) is 6.74. The van der Waals surface area contributed by atoms with Crippen molar-refractivity contribution in [3.63, 3.8) is 0 Å². The molecule has 22 heavy (non-hydrogen) atoms. The number of nitrogens with zero attached hydrogens (tertiary/aromatic N) is 3. The number of sulfonamides is 1. The van der Waals surface area contributed by atoms with Crippen LogP contribution >= 0.6 is 21.6 Å². The van der Waals surface area contributed by atoms with Gasteiger partial charge in [-0.15, -0.1) is 10.2 Å². The van der Waals surface area contributed by atoms with Crippen LogP contribution in [0.5, 0.6) is 0 Å². The van der Waals surface area contributed by atoms with Crippen molar-refractivity contribution in [1.82, 2.24) is 10.2 Å². The van der Waals surface area contributed by atoms with Crippen LogP contribution in [0.3, 0.4) is 0 Å². The molecule has 0 bridgehead atoms. The quantitative estimate of drug-likeness (QED) is 0.751. The maximum atomic E-state index is 12.8. The SMILES string of the molecule is CN(c1nncs1)S(=O)(=O)c1cccc(S(F)(F)(F)(F)F)c1. The molecule has 2 rings (SSSR count). The molecular formula is C9H8F5N3O2S3. The van der Waals surface area contributed by atoms with Gasteiger partial charge in [0.2, 0.25) is 5.13 Å². The third kappa shape index (κ3) is 3.30. The van der Waals surface area contributed by atoms with E-state index in [4.69, 9.17) is 0 Å². The van der Waals surface area contributed by atoms with E-state index in [1.807, 2.05) is 0 Å². The van der Waals surface area contributed by atoms with Gasteiger partial charge in [-0.3, -0.25) is 0 Å². The first-order chi connectivity index (χ1) is 9.71. The fourth-order valence-electron chi connectivity index (χ4n) is 1.44. The number of aromatic nitrogens is 2. The van der Waals surface area contributed by atoms with E-state index in [1.54, 1.807) is 0 Å². The van der Waals surface area contributed by atoms with E-state index in [-0.39, 0.29) is 17.3 Å². The lowest BCUT2D eigenvalue weighted by Crippen LogP contribution is -2.26. The van der Waals surface area contributed by atoms with Crippen LogP contribution in [0.1, 0.15) is 0 Å². The highest BCUT2D eigenvalue weighted by Crippen LogP contribution is 3.02. The summed E-state index contributed by atoms with van der Waals surface area (Å²) in [6, 6.07) is 1.44. The van der Waals surface area contributed by atoms with Crippen LogP contribution in [0.25, 0.3) is 0 Å². The van der Waals surface area contributed by atoms with E-state index in [0.717, 1.165) is 24.5 Å². The van der Waals surface area contributed by atoms with Crippen molar-refractivity contribution < 1.29 is 27.8 Å². The molecule has 0 aliphatic rings. The maximum absolute atomic E-state index is 12.8. The Labute approximate surface area is 126 Å². The zero-order valence-electron chi connectivity index (χ0n) is 10.7. The van der Waals surface area contributed by atoms with Crippen molar-refractivity contribution in [3.05, 3.63) is 29.8 Å². The fraction of sp³-hybridized carbons (Fsp3) is 0.111. The molecule has 0 radical (unpaired) electrons. The van der Waals surface area contributed by atoms with E-state index < -0.39 is 30.0 Å². The molecule has 1 aromatic carbocycles. The number of rotatable bonds is 4. The van der Waals surface area contributed by atoms with Crippen LogP contribution in [0.2, 0.25) is 0 Å². The van der Waals surface area contributed by atoms with Crippen molar-refractivity contribution in [1.29, 1.82) is 0 Å². The van der Waals surface area contributed by atoms with Gasteiger partial charge in [0, 0.05) is 7.05 Å². The molecular weight excluding hydrogens is 373 g/mol. The van der Waals surface area contributed by atoms with Crippen LogP contribution < -0.4 is 4.31 Å². The summed E-state index contributed by atoms with van der Waals surface area (Å²) in [7, 11) is -13.4. The summed E-state index contributed by atoms with van der Waals surface area (Å²) >= 11 is 0.822. The average molecular weight is 381 g/mol. The highest BCUT2D eigenvalue weighted by molar-refractivity contribution is 8.45. The third-order valence-corrected chi connectivity index (χ3v) is 6.30. The second kappa shape index (κ2) is 4.29. The first kappa shape index (κ1) is 16.9. The number of hydrogen-bond acceptors (Lipinski definition) is 5. The lowest BCUT2D eigenvalue weighted by molar-refractivity contribution is 0.363. The lowest BCUT2D eigenvalue weighted by atomic mass is 10.4. The van der Waals surface area contributed by atoms with Gasteiger partial charge in [-0.2, -0.15) is 0 Å². The lowest BCUT2D eigenvalue weighted by Gasteiger charge is -2.40. The Morgan fingerprint density at radius 1 is 1.18 bits per heavy atom. The van der Waals surface area contributed by atoms with Gasteiger partial charge in [-0.25, -0.2) is 12.7 Å². The normalized spacial score (nSPS) is 15.9.